The lowest BCUT2D eigenvalue weighted by atomic mass is 10.6. The van der Waals surface area contributed by atoms with Gasteiger partial charge in [0.15, 0.2) is 0 Å². The molecule has 1 amide bonds. The molecule has 0 atom stereocenters. The van der Waals surface area contributed by atoms with Crippen molar-refractivity contribution < 1.29 is 41.0 Å². The van der Waals surface area contributed by atoms with E-state index >= 15 is 0 Å². The molecule has 0 saturated heterocycles. The molecule has 11 heteroatoms. The number of nitrogens with one attached hydrogen (secondary N) is 1. The fraction of sp³-hybridized carbons (Fsp3) is 0.500. The number of carbonyl (C=O) groups is 2. The highest BCUT2D eigenvalue weighted by atomic mass is 19.4. The van der Waals surface area contributed by atoms with Crippen LogP contribution < -0.4 is 11.3 Å². The lowest BCUT2D eigenvalue weighted by Crippen LogP contribution is -2.40. The summed E-state index contributed by atoms with van der Waals surface area (Å²) in [5.41, 5.74) is 0.941. The molecule has 0 bridgehead atoms. The molecule has 4 N–H and O–H groups in total. The third-order valence-electron chi connectivity index (χ3n) is 0.631. The average Bonchev–Trinajstić information content (AvgIpc) is 2.00. The summed E-state index contributed by atoms with van der Waals surface area (Å²) in [6.45, 7) is 0. The van der Waals surface area contributed by atoms with Gasteiger partial charge in [-0.25, -0.2) is 10.6 Å². The predicted octanol–water partition coefficient (Wildman–Crippen LogP) is 0.172. The second kappa shape index (κ2) is 5.38. The summed E-state index contributed by atoms with van der Waals surface area (Å²) in [6.07, 6.45) is -9.95. The first-order valence-electron chi connectivity index (χ1n) is 2.80. The van der Waals surface area contributed by atoms with Crippen LogP contribution in [0, 0.1) is 0 Å². The topological polar surface area (TPSA) is 92.4 Å². The summed E-state index contributed by atoms with van der Waals surface area (Å²) >= 11 is 0. The standard InChI is InChI=1S/C2H3F3N2O.C2HF3O2/c3-2(4,5)1(8)7-6;3-2(4,5)1(6)7/h6H2,(H,7,8);(H,6,7). The first-order chi connectivity index (χ1) is 6.42. The zero-order valence-corrected chi connectivity index (χ0v) is 6.61. The highest BCUT2D eigenvalue weighted by Crippen LogP contribution is 2.13. The van der Waals surface area contributed by atoms with E-state index in [1.165, 1.54) is 0 Å². The summed E-state index contributed by atoms with van der Waals surface area (Å²) < 4.78 is 64.6. The van der Waals surface area contributed by atoms with Crippen molar-refractivity contribution in [3.63, 3.8) is 0 Å². The molecule has 0 heterocycles. The molecule has 0 aromatic carbocycles. The van der Waals surface area contributed by atoms with Crippen molar-refractivity contribution in [2.45, 2.75) is 12.4 Å². The Morgan fingerprint density at radius 3 is 1.27 bits per heavy atom. The zero-order valence-electron chi connectivity index (χ0n) is 6.61. The van der Waals surface area contributed by atoms with E-state index in [4.69, 9.17) is 9.90 Å². The SMILES string of the molecule is NNC(=O)C(F)(F)F.O=C(O)C(F)(F)F. The van der Waals surface area contributed by atoms with Crippen LogP contribution in [0.4, 0.5) is 26.3 Å². The van der Waals surface area contributed by atoms with Crippen molar-refractivity contribution in [3.8, 4) is 0 Å². The van der Waals surface area contributed by atoms with E-state index in [0.717, 1.165) is 5.43 Å². The molecule has 90 valence electrons. The number of hydrazine groups is 1. The van der Waals surface area contributed by atoms with Crippen LogP contribution in [0.5, 0.6) is 0 Å². The lowest BCUT2D eigenvalue weighted by molar-refractivity contribution is -0.192. The van der Waals surface area contributed by atoms with Crippen LogP contribution >= 0.6 is 0 Å². The van der Waals surface area contributed by atoms with Gasteiger partial charge < -0.3 is 5.11 Å². The Kier molecular flexibility index (Phi) is 5.72. The molecular formula is C4H4F6N2O3. The number of hydrogen-bond donors (Lipinski definition) is 3. The number of carbonyl (C=O) groups excluding carboxylic acids is 1. The number of nitrogens with two attached hydrogens (primary N) is 1. The van der Waals surface area contributed by atoms with Crippen molar-refractivity contribution in [3.05, 3.63) is 0 Å². The molecule has 0 aromatic rings. The van der Waals surface area contributed by atoms with Crippen LogP contribution in [-0.4, -0.2) is 29.3 Å². The summed E-state index contributed by atoms with van der Waals surface area (Å²) in [7, 11) is 0. The van der Waals surface area contributed by atoms with Gasteiger partial charge in [0, 0.05) is 0 Å². The van der Waals surface area contributed by atoms with E-state index < -0.39 is 24.2 Å². The molecule has 0 aliphatic heterocycles. The van der Waals surface area contributed by atoms with Gasteiger partial charge in [-0.3, -0.25) is 10.2 Å². The minimum Gasteiger partial charge on any atom is -0.475 e. The molecular weight excluding hydrogens is 238 g/mol. The summed E-state index contributed by atoms with van der Waals surface area (Å²) in [6, 6.07) is 0. The molecule has 0 aliphatic rings. The predicted molar refractivity (Wildman–Crippen MR) is 32.1 cm³/mol. The maximum absolute atomic E-state index is 11.0. The monoisotopic (exact) mass is 242 g/mol. The molecule has 0 unspecified atom stereocenters. The van der Waals surface area contributed by atoms with E-state index in [1.807, 2.05) is 0 Å². The van der Waals surface area contributed by atoms with Gasteiger partial charge in [-0.1, -0.05) is 0 Å². The van der Waals surface area contributed by atoms with Crippen molar-refractivity contribution in [1.82, 2.24) is 5.43 Å². The molecule has 0 aromatic heterocycles. The summed E-state index contributed by atoms with van der Waals surface area (Å²) in [4.78, 5) is 18.4. The smallest absolute Gasteiger partial charge is 0.475 e. The largest absolute Gasteiger partial charge is 0.490 e. The number of amides is 1. The normalized spacial score (nSPS) is 11.1. The fourth-order valence-corrected chi connectivity index (χ4v) is 0.0818. The fourth-order valence-electron chi connectivity index (χ4n) is 0.0818. The number of halogens is 6. The van der Waals surface area contributed by atoms with E-state index in [-0.39, 0.29) is 0 Å². The van der Waals surface area contributed by atoms with Gasteiger partial charge in [-0.2, -0.15) is 26.3 Å². The van der Waals surface area contributed by atoms with Crippen molar-refractivity contribution in [2.24, 2.45) is 5.84 Å². The van der Waals surface area contributed by atoms with E-state index in [2.05, 4.69) is 5.84 Å². The Hall–Kier alpha value is -1.52. The van der Waals surface area contributed by atoms with E-state index in [0.29, 0.717) is 0 Å². The third-order valence-corrected chi connectivity index (χ3v) is 0.631. The van der Waals surface area contributed by atoms with Crippen molar-refractivity contribution in [1.29, 1.82) is 0 Å². The molecule has 5 nitrogen and oxygen atoms in total. The van der Waals surface area contributed by atoms with Crippen LogP contribution in [-0.2, 0) is 9.59 Å². The Balaban J connectivity index is 0. The number of alkyl halides is 6. The van der Waals surface area contributed by atoms with Crippen LogP contribution in [0.3, 0.4) is 0 Å². The van der Waals surface area contributed by atoms with Crippen molar-refractivity contribution in [2.75, 3.05) is 0 Å². The maximum Gasteiger partial charge on any atom is 0.490 e. The van der Waals surface area contributed by atoms with E-state index in [9.17, 15) is 31.1 Å². The summed E-state index contributed by atoms with van der Waals surface area (Å²) in [5, 5.41) is 7.12. The molecule has 0 saturated carbocycles. The minimum absolute atomic E-state index is 0.941. The first-order valence-corrected chi connectivity index (χ1v) is 2.80. The van der Waals surface area contributed by atoms with Crippen LogP contribution in [0.15, 0.2) is 0 Å². The number of rotatable bonds is 0. The first kappa shape index (κ1) is 15.9. The summed E-state index contributed by atoms with van der Waals surface area (Å²) in [5.74, 6) is -0.760. The highest BCUT2D eigenvalue weighted by molar-refractivity contribution is 5.80. The van der Waals surface area contributed by atoms with Gasteiger partial charge >= 0.3 is 24.2 Å². The van der Waals surface area contributed by atoms with Crippen LogP contribution in [0.25, 0.3) is 0 Å². The molecule has 0 rings (SSSR count). The Morgan fingerprint density at radius 2 is 1.27 bits per heavy atom. The second-order valence-corrected chi connectivity index (χ2v) is 1.77. The second-order valence-electron chi connectivity index (χ2n) is 1.77. The van der Waals surface area contributed by atoms with Gasteiger partial charge in [0.1, 0.15) is 0 Å². The maximum atomic E-state index is 11.0. The number of aliphatic carboxylic acids is 1. The number of hydrogen-bond acceptors (Lipinski definition) is 3. The highest BCUT2D eigenvalue weighted by Gasteiger charge is 2.38. The van der Waals surface area contributed by atoms with Gasteiger partial charge in [-0.05, 0) is 0 Å². The van der Waals surface area contributed by atoms with Gasteiger partial charge in [-0.15, -0.1) is 0 Å². The molecule has 0 spiro atoms. The van der Waals surface area contributed by atoms with Gasteiger partial charge in [0.25, 0.3) is 0 Å². The van der Waals surface area contributed by atoms with Crippen molar-refractivity contribution >= 4 is 11.9 Å². The number of carboxylic acids is 1. The van der Waals surface area contributed by atoms with Crippen LogP contribution in [0.2, 0.25) is 0 Å². The Morgan fingerprint density at radius 1 is 1.00 bits per heavy atom. The number of carboxylic acid groups (broad SMARTS) is 1. The molecule has 0 radical (unpaired) electrons. The molecule has 0 fully saturated rings. The third kappa shape index (κ3) is 8.80. The molecule has 0 aliphatic carbocycles. The Labute approximate surface area is 77.8 Å². The van der Waals surface area contributed by atoms with Crippen LogP contribution in [0.1, 0.15) is 0 Å². The van der Waals surface area contributed by atoms with Gasteiger partial charge in [0.2, 0.25) is 0 Å². The minimum atomic E-state index is -5.08. The average molecular weight is 242 g/mol. The molecule has 15 heavy (non-hydrogen) atoms. The van der Waals surface area contributed by atoms with Gasteiger partial charge in [0.05, 0.1) is 0 Å². The van der Waals surface area contributed by atoms with E-state index in [1.54, 1.807) is 0 Å². The zero-order chi connectivity index (χ0) is 12.9. The lowest BCUT2D eigenvalue weighted by Gasteiger charge is -2.00. The quantitative estimate of drug-likeness (QED) is 0.244. The Bertz CT molecular complexity index is 234.